The molecule has 3 nitrogen and oxygen atoms in total. The molecule has 1 amide bonds. The van der Waals surface area contributed by atoms with Gasteiger partial charge in [0, 0.05) is 9.77 Å². The summed E-state index contributed by atoms with van der Waals surface area (Å²) in [7, 11) is 0. The normalized spacial score (nSPS) is 10.2. The van der Waals surface area contributed by atoms with Crippen molar-refractivity contribution in [1.29, 1.82) is 0 Å². The summed E-state index contributed by atoms with van der Waals surface area (Å²) in [4.78, 5) is 16.3. The van der Waals surface area contributed by atoms with Crippen molar-refractivity contribution in [3.63, 3.8) is 0 Å². The Bertz CT molecular complexity index is 596. The van der Waals surface area contributed by atoms with Crippen LogP contribution < -0.4 is 5.32 Å². The smallest absolute Gasteiger partial charge is 0.257 e. The van der Waals surface area contributed by atoms with Crippen LogP contribution in [0.3, 0.4) is 0 Å². The number of anilines is 1. The molecule has 92 valence electrons. The number of benzene rings is 1. The summed E-state index contributed by atoms with van der Waals surface area (Å²) < 4.78 is 0.972. The molecule has 0 unspecified atom stereocenters. The van der Waals surface area contributed by atoms with Crippen LogP contribution in [-0.4, -0.2) is 10.9 Å². The first kappa shape index (κ1) is 13.0. The zero-order valence-electron chi connectivity index (χ0n) is 10.2. The molecule has 0 spiro atoms. The Kier molecular flexibility index (Phi) is 3.96. The van der Waals surface area contributed by atoms with Gasteiger partial charge < -0.3 is 5.32 Å². The number of hydrogen-bond acceptors (Lipinski definition) is 2. The number of halogens is 1. The van der Waals surface area contributed by atoms with Crippen LogP contribution in [0, 0.1) is 17.4 Å². The Balaban J connectivity index is 2.25. The molecular weight excluding hydrogens is 339 g/mol. The second-order valence-corrected chi connectivity index (χ2v) is 5.19. The largest absolute Gasteiger partial charge is 0.307 e. The van der Waals surface area contributed by atoms with E-state index < -0.39 is 0 Å². The van der Waals surface area contributed by atoms with Gasteiger partial charge in [-0.15, -0.1) is 0 Å². The molecule has 0 fully saturated rings. The van der Waals surface area contributed by atoms with E-state index in [2.05, 4.69) is 32.9 Å². The minimum Gasteiger partial charge on any atom is -0.307 e. The highest BCUT2D eigenvalue weighted by atomic mass is 127. The van der Waals surface area contributed by atoms with Crippen LogP contribution >= 0.6 is 22.6 Å². The van der Waals surface area contributed by atoms with Crippen LogP contribution in [0.5, 0.6) is 0 Å². The van der Waals surface area contributed by atoms with Crippen LogP contribution in [0.2, 0.25) is 0 Å². The Morgan fingerprint density at radius 2 is 2.06 bits per heavy atom. The monoisotopic (exact) mass is 352 g/mol. The van der Waals surface area contributed by atoms with Crippen molar-refractivity contribution in [1.82, 2.24) is 4.98 Å². The van der Waals surface area contributed by atoms with Gasteiger partial charge >= 0.3 is 0 Å². The number of hydrogen-bond donors (Lipinski definition) is 1. The number of aryl methyl sites for hydroxylation is 2. The Labute approximate surface area is 120 Å². The third kappa shape index (κ3) is 2.87. The molecule has 0 atom stereocenters. The molecule has 0 radical (unpaired) electrons. The molecule has 1 aromatic heterocycles. The molecule has 0 saturated carbocycles. The van der Waals surface area contributed by atoms with Crippen LogP contribution in [0.1, 0.15) is 21.5 Å². The fourth-order valence-corrected chi connectivity index (χ4v) is 2.22. The second-order valence-electron chi connectivity index (χ2n) is 4.11. The number of carbonyl (C=O) groups excluding carboxylic acids is 1. The Morgan fingerprint density at radius 3 is 2.78 bits per heavy atom. The number of carbonyl (C=O) groups is 1. The molecule has 0 saturated heterocycles. The van der Waals surface area contributed by atoms with Crippen LogP contribution in [-0.2, 0) is 0 Å². The number of aromatic nitrogens is 1. The lowest BCUT2D eigenvalue weighted by Crippen LogP contribution is -2.14. The van der Waals surface area contributed by atoms with Gasteiger partial charge in [-0.1, -0.05) is 12.1 Å². The van der Waals surface area contributed by atoms with Crippen molar-refractivity contribution in [2.75, 3.05) is 5.32 Å². The summed E-state index contributed by atoms with van der Waals surface area (Å²) in [6.45, 7) is 3.96. The predicted octanol–water partition coefficient (Wildman–Crippen LogP) is 3.56. The van der Waals surface area contributed by atoms with Crippen LogP contribution in [0.15, 0.2) is 36.5 Å². The van der Waals surface area contributed by atoms with Crippen LogP contribution in [0.25, 0.3) is 0 Å². The van der Waals surface area contributed by atoms with Gasteiger partial charge in [0.05, 0.1) is 5.56 Å². The number of pyridine rings is 1. The van der Waals surface area contributed by atoms with Crippen molar-refractivity contribution >= 4 is 34.3 Å². The van der Waals surface area contributed by atoms with Crippen molar-refractivity contribution in [2.24, 2.45) is 0 Å². The van der Waals surface area contributed by atoms with E-state index in [0.29, 0.717) is 11.4 Å². The second kappa shape index (κ2) is 5.48. The van der Waals surface area contributed by atoms with Gasteiger partial charge in [-0.05, 0) is 65.8 Å². The van der Waals surface area contributed by atoms with Crippen molar-refractivity contribution in [3.8, 4) is 0 Å². The maximum atomic E-state index is 12.1. The maximum absolute atomic E-state index is 12.1. The minimum absolute atomic E-state index is 0.124. The Morgan fingerprint density at radius 1 is 1.28 bits per heavy atom. The highest BCUT2D eigenvalue weighted by Gasteiger charge is 2.11. The van der Waals surface area contributed by atoms with Crippen LogP contribution in [0.4, 0.5) is 5.82 Å². The number of rotatable bonds is 2. The summed E-state index contributed by atoms with van der Waals surface area (Å²) in [6.07, 6.45) is 1.69. The molecule has 0 aliphatic carbocycles. The summed E-state index contributed by atoms with van der Waals surface area (Å²) in [5.41, 5.74) is 2.85. The summed E-state index contributed by atoms with van der Waals surface area (Å²) in [5.74, 6) is 0.457. The summed E-state index contributed by atoms with van der Waals surface area (Å²) >= 11 is 2.19. The first-order valence-corrected chi connectivity index (χ1v) is 6.65. The lowest BCUT2D eigenvalue weighted by molar-refractivity contribution is 0.102. The van der Waals surface area contributed by atoms with Crippen molar-refractivity contribution in [2.45, 2.75) is 13.8 Å². The van der Waals surface area contributed by atoms with Gasteiger partial charge in [-0.3, -0.25) is 4.79 Å². The third-order valence-corrected chi connectivity index (χ3v) is 4.03. The van der Waals surface area contributed by atoms with E-state index in [1.54, 1.807) is 6.20 Å². The van der Waals surface area contributed by atoms with Crippen molar-refractivity contribution < 1.29 is 4.79 Å². The number of amides is 1. The van der Waals surface area contributed by atoms with E-state index in [-0.39, 0.29) is 5.91 Å². The van der Waals surface area contributed by atoms with E-state index in [4.69, 9.17) is 0 Å². The summed E-state index contributed by atoms with van der Waals surface area (Å²) in [6, 6.07) is 9.44. The molecule has 18 heavy (non-hydrogen) atoms. The van der Waals surface area contributed by atoms with Gasteiger partial charge in [0.25, 0.3) is 5.91 Å². The topological polar surface area (TPSA) is 42.0 Å². The average molecular weight is 352 g/mol. The lowest BCUT2D eigenvalue weighted by Gasteiger charge is -2.08. The van der Waals surface area contributed by atoms with Gasteiger partial charge in [-0.2, -0.15) is 0 Å². The van der Waals surface area contributed by atoms with Crippen molar-refractivity contribution in [3.05, 3.63) is 56.8 Å². The molecule has 0 bridgehead atoms. The molecule has 0 aliphatic rings. The van der Waals surface area contributed by atoms with Gasteiger partial charge in [0.15, 0.2) is 0 Å². The van der Waals surface area contributed by atoms with E-state index >= 15 is 0 Å². The molecule has 4 heteroatoms. The Hall–Kier alpha value is -1.43. The predicted molar refractivity (Wildman–Crippen MR) is 80.8 cm³/mol. The maximum Gasteiger partial charge on any atom is 0.257 e. The summed E-state index contributed by atoms with van der Waals surface area (Å²) in [5, 5.41) is 2.81. The highest BCUT2D eigenvalue weighted by Crippen LogP contribution is 2.18. The standard InChI is InChI=1S/C14H13IN2O/c1-9-6-7-16-12(8-9)17-14(18)11-5-3-4-10(2)13(11)15/h3-8H,1-2H3,(H,16,17,18). The molecular formula is C14H13IN2O. The quantitative estimate of drug-likeness (QED) is 0.840. The molecule has 0 aliphatic heterocycles. The van der Waals surface area contributed by atoms with Gasteiger partial charge in [-0.25, -0.2) is 4.98 Å². The molecule has 1 aromatic carbocycles. The van der Waals surface area contributed by atoms with E-state index in [1.807, 2.05) is 44.2 Å². The first-order valence-electron chi connectivity index (χ1n) is 5.57. The molecule has 2 rings (SSSR count). The number of nitrogens with zero attached hydrogens (tertiary/aromatic N) is 1. The van der Waals surface area contributed by atoms with E-state index in [9.17, 15) is 4.79 Å². The first-order chi connectivity index (χ1) is 8.58. The molecule has 1 N–H and O–H groups in total. The van der Waals surface area contributed by atoms with Gasteiger partial charge in [0.1, 0.15) is 5.82 Å². The molecule has 1 heterocycles. The van der Waals surface area contributed by atoms with E-state index in [0.717, 1.165) is 14.7 Å². The zero-order chi connectivity index (χ0) is 13.1. The third-order valence-electron chi connectivity index (χ3n) is 2.59. The van der Waals surface area contributed by atoms with E-state index in [1.165, 1.54) is 0 Å². The minimum atomic E-state index is -0.124. The molecule has 2 aromatic rings. The lowest BCUT2D eigenvalue weighted by atomic mass is 10.1. The SMILES string of the molecule is Cc1ccnc(NC(=O)c2cccc(C)c2I)c1. The average Bonchev–Trinajstić information content (AvgIpc) is 2.32. The zero-order valence-corrected chi connectivity index (χ0v) is 12.4. The highest BCUT2D eigenvalue weighted by molar-refractivity contribution is 14.1. The fraction of sp³-hybridized carbons (Fsp3) is 0.143. The number of nitrogens with one attached hydrogen (secondary N) is 1. The fourth-order valence-electron chi connectivity index (χ4n) is 1.61. The van der Waals surface area contributed by atoms with Gasteiger partial charge in [0.2, 0.25) is 0 Å².